The van der Waals surface area contributed by atoms with Crippen LogP contribution in [0.1, 0.15) is 104 Å². The van der Waals surface area contributed by atoms with E-state index in [4.69, 9.17) is 5.10 Å². The van der Waals surface area contributed by atoms with Crippen molar-refractivity contribution in [2.75, 3.05) is 0 Å². The first kappa shape index (κ1) is 19.2. The van der Waals surface area contributed by atoms with Crippen LogP contribution >= 0.6 is 0 Å². The van der Waals surface area contributed by atoms with Crippen molar-refractivity contribution in [2.45, 2.75) is 89.6 Å². The van der Waals surface area contributed by atoms with Crippen molar-refractivity contribution in [3.05, 3.63) is 52.8 Å². The third-order valence-electron chi connectivity index (χ3n) is 6.49. The molecule has 0 aliphatic heterocycles. The Morgan fingerprint density at radius 3 is 2.43 bits per heavy atom. The monoisotopic (exact) mass is 379 g/mol. The van der Waals surface area contributed by atoms with Crippen LogP contribution in [0.5, 0.6) is 0 Å². The molecule has 0 saturated heterocycles. The smallest absolute Gasteiger partial charge is 0.272 e. The molecule has 0 radical (unpaired) electrons. The molecule has 1 atom stereocenters. The van der Waals surface area contributed by atoms with Crippen molar-refractivity contribution >= 4 is 5.91 Å². The maximum atomic E-state index is 13.2. The highest BCUT2D eigenvalue weighted by Crippen LogP contribution is 2.33. The van der Waals surface area contributed by atoms with E-state index in [-0.39, 0.29) is 11.9 Å². The highest BCUT2D eigenvalue weighted by Gasteiger charge is 2.28. The SMILES string of the molecule is C[C@H](NC(=O)c1nn(C2CCCCC2)c2c1CCCCCC2)c1ccccc1. The first-order valence-corrected chi connectivity index (χ1v) is 11.2. The molecule has 4 rings (SSSR count). The molecule has 1 amide bonds. The van der Waals surface area contributed by atoms with Gasteiger partial charge in [0, 0.05) is 11.3 Å². The number of hydrogen-bond donors (Lipinski definition) is 1. The van der Waals surface area contributed by atoms with Crippen LogP contribution in [-0.4, -0.2) is 15.7 Å². The standard InChI is InChI=1S/C24H33N3O/c1-18(19-12-6-4-7-13-19)25-24(28)23-21-16-10-2-3-11-17-22(21)27(26-23)20-14-8-5-9-15-20/h4,6-7,12-13,18,20H,2-3,5,8-11,14-17H2,1H3,(H,25,28)/t18-/m0/s1. The van der Waals surface area contributed by atoms with E-state index in [1.165, 1.54) is 62.6 Å². The van der Waals surface area contributed by atoms with Gasteiger partial charge in [0.1, 0.15) is 0 Å². The third-order valence-corrected chi connectivity index (χ3v) is 6.49. The Morgan fingerprint density at radius 1 is 1.00 bits per heavy atom. The Kier molecular flexibility index (Phi) is 6.13. The number of fused-ring (bicyclic) bond motifs is 1. The van der Waals surface area contributed by atoms with Crippen molar-refractivity contribution < 1.29 is 4.79 Å². The molecular weight excluding hydrogens is 346 g/mol. The zero-order chi connectivity index (χ0) is 19.3. The molecule has 28 heavy (non-hydrogen) atoms. The normalized spacial score (nSPS) is 19.3. The quantitative estimate of drug-likeness (QED) is 0.758. The number of carbonyl (C=O) groups excluding carboxylic acids is 1. The van der Waals surface area contributed by atoms with Crippen LogP contribution in [0.25, 0.3) is 0 Å². The molecule has 1 saturated carbocycles. The van der Waals surface area contributed by atoms with Gasteiger partial charge in [0.05, 0.1) is 12.1 Å². The van der Waals surface area contributed by atoms with Crippen LogP contribution in [0.3, 0.4) is 0 Å². The molecule has 2 aliphatic carbocycles. The van der Waals surface area contributed by atoms with Crippen LogP contribution in [0, 0.1) is 0 Å². The molecular formula is C24H33N3O. The van der Waals surface area contributed by atoms with Gasteiger partial charge in [-0.2, -0.15) is 5.10 Å². The molecule has 150 valence electrons. The molecule has 1 aromatic carbocycles. The Morgan fingerprint density at radius 2 is 1.68 bits per heavy atom. The van der Waals surface area contributed by atoms with Crippen molar-refractivity contribution in [3.8, 4) is 0 Å². The van der Waals surface area contributed by atoms with Gasteiger partial charge in [0.15, 0.2) is 5.69 Å². The van der Waals surface area contributed by atoms with E-state index in [9.17, 15) is 4.79 Å². The van der Waals surface area contributed by atoms with E-state index >= 15 is 0 Å². The fraction of sp³-hybridized carbons (Fsp3) is 0.583. The summed E-state index contributed by atoms with van der Waals surface area (Å²) in [6.07, 6.45) is 13.3. The highest BCUT2D eigenvalue weighted by molar-refractivity contribution is 5.94. The number of carbonyl (C=O) groups is 1. The minimum atomic E-state index is -0.0160. The molecule has 2 aliphatic rings. The second kappa shape index (κ2) is 8.93. The van der Waals surface area contributed by atoms with Gasteiger partial charge in [-0.15, -0.1) is 0 Å². The summed E-state index contributed by atoms with van der Waals surface area (Å²) in [5.41, 5.74) is 4.39. The van der Waals surface area contributed by atoms with E-state index in [1.807, 2.05) is 18.2 Å². The summed E-state index contributed by atoms with van der Waals surface area (Å²) >= 11 is 0. The molecule has 0 bridgehead atoms. The Labute approximate surface area is 168 Å². The van der Waals surface area contributed by atoms with E-state index in [2.05, 4.69) is 29.1 Å². The largest absolute Gasteiger partial charge is 0.344 e. The molecule has 4 nitrogen and oxygen atoms in total. The number of benzene rings is 1. The maximum Gasteiger partial charge on any atom is 0.272 e. The fourth-order valence-corrected chi connectivity index (χ4v) is 4.88. The Bertz CT molecular complexity index is 790. The second-order valence-electron chi connectivity index (χ2n) is 8.53. The van der Waals surface area contributed by atoms with Crippen LogP contribution < -0.4 is 5.32 Å². The van der Waals surface area contributed by atoms with Crippen molar-refractivity contribution in [2.24, 2.45) is 0 Å². The lowest BCUT2D eigenvalue weighted by Crippen LogP contribution is -2.28. The van der Waals surface area contributed by atoms with Crippen LogP contribution in [0.15, 0.2) is 30.3 Å². The maximum absolute atomic E-state index is 13.2. The van der Waals surface area contributed by atoms with Gasteiger partial charge < -0.3 is 5.32 Å². The average Bonchev–Trinajstić information content (AvgIpc) is 3.06. The van der Waals surface area contributed by atoms with E-state index < -0.39 is 0 Å². The topological polar surface area (TPSA) is 46.9 Å². The highest BCUT2D eigenvalue weighted by atomic mass is 16.2. The van der Waals surface area contributed by atoms with Crippen molar-refractivity contribution in [3.63, 3.8) is 0 Å². The molecule has 2 aromatic rings. The third kappa shape index (κ3) is 4.16. The Balaban J connectivity index is 1.62. The predicted octanol–water partition coefficient (Wildman–Crippen LogP) is 5.54. The van der Waals surface area contributed by atoms with Crippen LogP contribution in [-0.2, 0) is 12.8 Å². The van der Waals surface area contributed by atoms with E-state index in [0.29, 0.717) is 11.7 Å². The van der Waals surface area contributed by atoms with Gasteiger partial charge in [-0.3, -0.25) is 9.48 Å². The molecule has 4 heteroatoms. The molecule has 1 aromatic heterocycles. The van der Waals surface area contributed by atoms with Crippen molar-refractivity contribution in [1.82, 2.24) is 15.1 Å². The number of rotatable bonds is 4. The van der Waals surface area contributed by atoms with E-state index in [0.717, 1.165) is 24.8 Å². The molecule has 1 heterocycles. The lowest BCUT2D eigenvalue weighted by Gasteiger charge is -2.24. The molecule has 0 unspecified atom stereocenters. The average molecular weight is 380 g/mol. The zero-order valence-electron chi connectivity index (χ0n) is 17.1. The van der Waals surface area contributed by atoms with Gasteiger partial charge in [-0.25, -0.2) is 0 Å². The van der Waals surface area contributed by atoms with Gasteiger partial charge >= 0.3 is 0 Å². The molecule has 0 spiro atoms. The van der Waals surface area contributed by atoms with E-state index in [1.54, 1.807) is 0 Å². The first-order valence-electron chi connectivity index (χ1n) is 11.2. The fourth-order valence-electron chi connectivity index (χ4n) is 4.88. The number of amides is 1. The summed E-state index contributed by atoms with van der Waals surface area (Å²) in [7, 11) is 0. The number of nitrogens with zero attached hydrogens (tertiary/aromatic N) is 2. The number of nitrogens with one attached hydrogen (secondary N) is 1. The lowest BCUT2D eigenvalue weighted by molar-refractivity contribution is 0.0932. The van der Waals surface area contributed by atoms with Crippen LogP contribution in [0.2, 0.25) is 0 Å². The zero-order valence-corrected chi connectivity index (χ0v) is 17.1. The van der Waals surface area contributed by atoms with Crippen LogP contribution in [0.4, 0.5) is 0 Å². The first-order chi connectivity index (χ1) is 13.7. The summed E-state index contributed by atoms with van der Waals surface area (Å²) in [5, 5.41) is 8.15. The van der Waals surface area contributed by atoms with Gasteiger partial charge in [-0.1, -0.05) is 62.4 Å². The van der Waals surface area contributed by atoms with Gasteiger partial charge in [0.25, 0.3) is 5.91 Å². The summed E-state index contributed by atoms with van der Waals surface area (Å²) in [6.45, 7) is 2.05. The molecule has 1 N–H and O–H groups in total. The number of hydrogen-bond acceptors (Lipinski definition) is 2. The minimum Gasteiger partial charge on any atom is -0.344 e. The summed E-state index contributed by atoms with van der Waals surface area (Å²) in [5.74, 6) is -0.0114. The van der Waals surface area contributed by atoms with Gasteiger partial charge in [0.2, 0.25) is 0 Å². The minimum absolute atomic E-state index is 0.0114. The summed E-state index contributed by atoms with van der Waals surface area (Å²) < 4.78 is 2.27. The molecule has 1 fully saturated rings. The summed E-state index contributed by atoms with van der Waals surface area (Å²) in [6, 6.07) is 10.6. The van der Waals surface area contributed by atoms with Crippen molar-refractivity contribution in [1.29, 1.82) is 0 Å². The lowest BCUT2D eigenvalue weighted by atomic mass is 9.93. The van der Waals surface area contributed by atoms with Gasteiger partial charge in [-0.05, 0) is 51.0 Å². The second-order valence-corrected chi connectivity index (χ2v) is 8.53. The summed E-state index contributed by atoms with van der Waals surface area (Å²) in [4.78, 5) is 13.2. The Hall–Kier alpha value is -2.10. The predicted molar refractivity (Wildman–Crippen MR) is 113 cm³/mol. The number of aromatic nitrogens is 2.